The van der Waals surface area contributed by atoms with Gasteiger partial charge in [0.15, 0.2) is 5.72 Å². The molecule has 0 radical (unpaired) electrons. The fourth-order valence-electron chi connectivity index (χ4n) is 3.08. The van der Waals surface area contributed by atoms with Crippen LogP contribution in [-0.2, 0) is 27.1 Å². The van der Waals surface area contributed by atoms with E-state index in [1.165, 1.54) is 30.1 Å². The highest BCUT2D eigenvalue weighted by Crippen LogP contribution is 2.38. The van der Waals surface area contributed by atoms with Crippen LogP contribution in [0.5, 0.6) is 0 Å². The van der Waals surface area contributed by atoms with Crippen molar-refractivity contribution >= 4 is 27.5 Å². The minimum absolute atomic E-state index is 0.0470. The molecule has 144 valence electrons. The standard InChI is InChI=1S/C19H21ClN2O4S/c1-13-3-5-14(6-4-13)12-21-27(25,26)17-11-15(7-8-16(17)20)19(24)10-9-18(23)22(19)2/h3-8,11,21,24H,9-10,12H2,1-2H3. The fourth-order valence-corrected chi connectivity index (χ4v) is 4.62. The summed E-state index contributed by atoms with van der Waals surface area (Å²) in [5, 5.41) is 10.9. The monoisotopic (exact) mass is 408 g/mol. The van der Waals surface area contributed by atoms with Gasteiger partial charge >= 0.3 is 0 Å². The number of hydrogen-bond acceptors (Lipinski definition) is 4. The Morgan fingerprint density at radius 3 is 2.48 bits per heavy atom. The van der Waals surface area contributed by atoms with E-state index in [0.717, 1.165) is 11.1 Å². The molecule has 0 spiro atoms. The largest absolute Gasteiger partial charge is 0.367 e. The second-order valence-corrected chi connectivity index (χ2v) is 8.87. The maximum absolute atomic E-state index is 12.8. The SMILES string of the molecule is Cc1ccc(CNS(=O)(=O)c2cc(C3(O)CCC(=O)N3C)ccc2Cl)cc1. The number of nitrogens with zero attached hydrogens (tertiary/aromatic N) is 1. The normalized spacial score (nSPS) is 20.3. The van der Waals surface area contributed by atoms with Crippen molar-refractivity contribution in [1.82, 2.24) is 9.62 Å². The van der Waals surface area contributed by atoms with E-state index in [9.17, 15) is 18.3 Å². The third-order valence-electron chi connectivity index (χ3n) is 4.89. The number of aryl methyl sites for hydroxylation is 1. The minimum Gasteiger partial charge on any atom is -0.367 e. The lowest BCUT2D eigenvalue weighted by molar-refractivity contribution is -0.142. The molecule has 27 heavy (non-hydrogen) atoms. The van der Waals surface area contributed by atoms with Gasteiger partial charge in [-0.05, 0) is 24.6 Å². The Balaban J connectivity index is 1.89. The van der Waals surface area contributed by atoms with Gasteiger partial charge in [-0.25, -0.2) is 13.1 Å². The molecule has 6 nitrogen and oxygen atoms in total. The number of likely N-dealkylation sites (tertiary alicyclic amines) is 1. The Kier molecular flexibility index (Phi) is 5.31. The van der Waals surface area contributed by atoms with Crippen molar-refractivity contribution in [3.05, 3.63) is 64.2 Å². The highest BCUT2D eigenvalue weighted by molar-refractivity contribution is 7.89. The number of hydrogen-bond donors (Lipinski definition) is 2. The third kappa shape index (κ3) is 3.87. The molecule has 0 bridgehead atoms. The van der Waals surface area contributed by atoms with Crippen molar-refractivity contribution in [2.75, 3.05) is 7.05 Å². The number of aliphatic hydroxyl groups is 1. The zero-order valence-corrected chi connectivity index (χ0v) is 16.6. The first kappa shape index (κ1) is 19.8. The van der Waals surface area contributed by atoms with E-state index < -0.39 is 15.7 Å². The van der Waals surface area contributed by atoms with Gasteiger partial charge in [0.2, 0.25) is 15.9 Å². The third-order valence-corrected chi connectivity index (χ3v) is 6.77. The Hall–Kier alpha value is -1.93. The second-order valence-electron chi connectivity index (χ2n) is 6.72. The molecule has 2 aromatic rings. The molecule has 1 unspecified atom stereocenters. The van der Waals surface area contributed by atoms with Crippen molar-refractivity contribution in [1.29, 1.82) is 0 Å². The van der Waals surface area contributed by atoms with E-state index >= 15 is 0 Å². The second kappa shape index (κ2) is 7.24. The van der Waals surface area contributed by atoms with Crippen molar-refractivity contribution in [3.8, 4) is 0 Å². The van der Waals surface area contributed by atoms with Crippen LogP contribution in [0, 0.1) is 6.92 Å². The molecule has 1 saturated heterocycles. The lowest BCUT2D eigenvalue weighted by Crippen LogP contribution is -2.40. The molecule has 8 heteroatoms. The summed E-state index contributed by atoms with van der Waals surface area (Å²) in [4.78, 5) is 12.9. The average Bonchev–Trinajstić information content (AvgIpc) is 2.90. The number of carbonyl (C=O) groups excluding carboxylic acids is 1. The van der Waals surface area contributed by atoms with Crippen LogP contribution in [0.15, 0.2) is 47.4 Å². The molecule has 0 aromatic heterocycles. The van der Waals surface area contributed by atoms with E-state index in [4.69, 9.17) is 11.6 Å². The molecule has 1 atom stereocenters. The predicted molar refractivity (Wildman–Crippen MR) is 103 cm³/mol. The van der Waals surface area contributed by atoms with Crippen LogP contribution >= 0.6 is 11.6 Å². The van der Waals surface area contributed by atoms with Crippen LogP contribution in [0.3, 0.4) is 0 Å². The Bertz CT molecular complexity index is 976. The Morgan fingerprint density at radius 2 is 1.89 bits per heavy atom. The van der Waals surface area contributed by atoms with Crippen molar-refractivity contribution in [2.45, 2.75) is 36.9 Å². The summed E-state index contributed by atoms with van der Waals surface area (Å²) in [6.45, 7) is 2.07. The predicted octanol–water partition coefficient (Wildman–Crippen LogP) is 2.52. The lowest BCUT2D eigenvalue weighted by Gasteiger charge is -2.31. The van der Waals surface area contributed by atoms with Gasteiger partial charge in [0.25, 0.3) is 0 Å². The molecular formula is C19H21ClN2O4S. The van der Waals surface area contributed by atoms with Crippen LogP contribution in [-0.4, -0.2) is 31.4 Å². The summed E-state index contributed by atoms with van der Waals surface area (Å²) in [6, 6.07) is 11.8. The molecule has 1 aliphatic rings. The molecule has 0 aliphatic carbocycles. The average molecular weight is 409 g/mol. The summed E-state index contributed by atoms with van der Waals surface area (Å²) in [6.07, 6.45) is 0.392. The number of halogens is 1. The van der Waals surface area contributed by atoms with E-state index in [0.29, 0.717) is 5.56 Å². The summed E-state index contributed by atoms with van der Waals surface area (Å²) in [5.41, 5.74) is 0.677. The first-order valence-electron chi connectivity index (χ1n) is 8.48. The van der Waals surface area contributed by atoms with Crippen LogP contribution in [0.25, 0.3) is 0 Å². The van der Waals surface area contributed by atoms with Crippen molar-refractivity contribution in [2.24, 2.45) is 0 Å². The molecule has 2 aromatic carbocycles. The number of amides is 1. The lowest BCUT2D eigenvalue weighted by atomic mass is 10.0. The van der Waals surface area contributed by atoms with Crippen LogP contribution in [0.2, 0.25) is 5.02 Å². The van der Waals surface area contributed by atoms with E-state index in [-0.39, 0.29) is 35.2 Å². The van der Waals surface area contributed by atoms with Crippen LogP contribution in [0.1, 0.15) is 29.5 Å². The number of carbonyl (C=O) groups is 1. The zero-order chi connectivity index (χ0) is 19.8. The Labute approximate surface area is 163 Å². The molecule has 1 amide bonds. The summed E-state index contributed by atoms with van der Waals surface area (Å²) < 4.78 is 28.0. The summed E-state index contributed by atoms with van der Waals surface area (Å²) >= 11 is 6.12. The molecule has 0 saturated carbocycles. The maximum atomic E-state index is 12.8. The van der Waals surface area contributed by atoms with Crippen LogP contribution < -0.4 is 4.72 Å². The quantitative estimate of drug-likeness (QED) is 0.795. The number of sulfonamides is 1. The first-order valence-corrected chi connectivity index (χ1v) is 10.3. The highest BCUT2D eigenvalue weighted by atomic mass is 35.5. The number of nitrogens with one attached hydrogen (secondary N) is 1. The van der Waals surface area contributed by atoms with Gasteiger partial charge in [-0.1, -0.05) is 47.5 Å². The summed E-state index contributed by atoms with van der Waals surface area (Å²) in [7, 11) is -2.41. The first-order chi connectivity index (χ1) is 12.6. The van der Waals surface area contributed by atoms with Crippen LogP contribution in [0.4, 0.5) is 0 Å². The van der Waals surface area contributed by atoms with Gasteiger partial charge in [-0.3, -0.25) is 4.79 Å². The molecule has 2 N–H and O–H groups in total. The molecular weight excluding hydrogens is 388 g/mol. The maximum Gasteiger partial charge on any atom is 0.242 e. The number of benzene rings is 2. The molecule has 1 fully saturated rings. The van der Waals surface area contributed by atoms with Gasteiger partial charge in [0.1, 0.15) is 4.90 Å². The molecule has 3 rings (SSSR count). The fraction of sp³-hybridized carbons (Fsp3) is 0.316. The van der Waals surface area contributed by atoms with Gasteiger partial charge in [0, 0.05) is 32.0 Å². The van der Waals surface area contributed by atoms with E-state index in [1.54, 1.807) is 0 Å². The topological polar surface area (TPSA) is 86.7 Å². The minimum atomic E-state index is -3.91. The van der Waals surface area contributed by atoms with E-state index in [1.807, 2.05) is 31.2 Å². The zero-order valence-electron chi connectivity index (χ0n) is 15.1. The van der Waals surface area contributed by atoms with Crippen molar-refractivity contribution in [3.63, 3.8) is 0 Å². The van der Waals surface area contributed by atoms with Gasteiger partial charge in [0.05, 0.1) is 5.02 Å². The molecule has 1 aliphatic heterocycles. The summed E-state index contributed by atoms with van der Waals surface area (Å²) in [5.74, 6) is -0.200. The highest BCUT2D eigenvalue weighted by Gasteiger charge is 2.43. The van der Waals surface area contributed by atoms with Gasteiger partial charge in [-0.15, -0.1) is 0 Å². The smallest absolute Gasteiger partial charge is 0.242 e. The number of rotatable bonds is 5. The molecule has 1 heterocycles. The van der Waals surface area contributed by atoms with Gasteiger partial charge in [-0.2, -0.15) is 0 Å². The van der Waals surface area contributed by atoms with E-state index in [2.05, 4.69) is 4.72 Å². The Morgan fingerprint density at radius 1 is 1.22 bits per heavy atom. The van der Waals surface area contributed by atoms with Crippen molar-refractivity contribution < 1.29 is 18.3 Å². The van der Waals surface area contributed by atoms with Gasteiger partial charge < -0.3 is 10.0 Å².